The summed E-state index contributed by atoms with van der Waals surface area (Å²) < 4.78 is 5.10. The first-order chi connectivity index (χ1) is 17.8. The minimum atomic E-state index is -0.986. The van der Waals surface area contributed by atoms with Crippen LogP contribution in [-0.2, 0) is 19.1 Å². The smallest absolute Gasteiger partial charge is 0.309 e. The number of ether oxygens (including phenoxy) is 1. The van der Waals surface area contributed by atoms with Crippen molar-refractivity contribution in [3.05, 3.63) is 89.4 Å². The van der Waals surface area contributed by atoms with Crippen LogP contribution in [0.25, 0.3) is 11.1 Å². The molecule has 0 heterocycles. The molecule has 0 spiro atoms. The number of hydrogen-bond donors (Lipinski definition) is 2. The molecule has 7 nitrogen and oxygen atoms in total. The molecule has 0 aliphatic rings. The molecular formula is C29H29ClN2O5. The minimum Gasteiger partial charge on any atom is -0.466 e. The first-order valence-electron chi connectivity index (χ1n) is 12.0. The van der Waals surface area contributed by atoms with Crippen LogP contribution in [0.4, 0.5) is 5.69 Å². The van der Waals surface area contributed by atoms with Gasteiger partial charge >= 0.3 is 5.97 Å². The number of anilines is 1. The number of ketones is 1. The Morgan fingerprint density at radius 3 is 2.11 bits per heavy atom. The van der Waals surface area contributed by atoms with Gasteiger partial charge < -0.3 is 15.4 Å². The highest BCUT2D eigenvalue weighted by molar-refractivity contribution is 6.33. The van der Waals surface area contributed by atoms with Crippen molar-refractivity contribution >= 4 is 40.9 Å². The summed E-state index contributed by atoms with van der Waals surface area (Å²) in [5.74, 6) is -2.93. The van der Waals surface area contributed by atoms with E-state index in [0.717, 1.165) is 11.1 Å². The minimum absolute atomic E-state index is 0.119. The summed E-state index contributed by atoms with van der Waals surface area (Å²) >= 11 is 6.07. The molecule has 8 heteroatoms. The second-order valence-corrected chi connectivity index (χ2v) is 8.89. The molecule has 192 valence electrons. The quantitative estimate of drug-likeness (QED) is 0.264. The third-order valence-corrected chi connectivity index (χ3v) is 6.03. The lowest BCUT2D eigenvalue weighted by atomic mass is 9.94. The maximum absolute atomic E-state index is 12.9. The average molecular weight is 521 g/mol. The van der Waals surface area contributed by atoms with Crippen LogP contribution in [0.15, 0.2) is 78.9 Å². The Bertz CT molecular complexity index is 1240. The molecule has 0 aliphatic carbocycles. The largest absolute Gasteiger partial charge is 0.466 e. The molecule has 0 saturated carbocycles. The highest BCUT2D eigenvalue weighted by atomic mass is 35.5. The lowest BCUT2D eigenvalue weighted by molar-refractivity contribution is -0.149. The van der Waals surface area contributed by atoms with Crippen LogP contribution in [0, 0.1) is 5.92 Å². The van der Waals surface area contributed by atoms with Gasteiger partial charge in [0.15, 0.2) is 5.78 Å². The van der Waals surface area contributed by atoms with E-state index in [-0.39, 0.29) is 25.2 Å². The zero-order valence-electron chi connectivity index (χ0n) is 20.7. The number of hydrogen-bond acceptors (Lipinski definition) is 5. The van der Waals surface area contributed by atoms with E-state index in [0.29, 0.717) is 16.3 Å². The number of nitrogens with one attached hydrogen (secondary N) is 2. The zero-order valence-corrected chi connectivity index (χ0v) is 21.5. The normalized spacial score (nSPS) is 12.2. The van der Waals surface area contributed by atoms with Crippen LogP contribution in [0.5, 0.6) is 0 Å². The summed E-state index contributed by atoms with van der Waals surface area (Å²) in [5, 5.41) is 5.59. The molecule has 2 amide bonds. The molecule has 2 unspecified atom stereocenters. The van der Waals surface area contributed by atoms with Crippen molar-refractivity contribution in [1.29, 1.82) is 0 Å². The third kappa shape index (κ3) is 8.02. The number of Topliss-reactive ketones (excluding diaryl/α,β-unsaturated/α-hetero) is 1. The van der Waals surface area contributed by atoms with Gasteiger partial charge in [-0.3, -0.25) is 19.2 Å². The summed E-state index contributed by atoms with van der Waals surface area (Å²) in [4.78, 5) is 50.6. The van der Waals surface area contributed by atoms with Gasteiger partial charge in [0, 0.05) is 18.4 Å². The van der Waals surface area contributed by atoms with Crippen LogP contribution in [0.1, 0.15) is 37.0 Å². The molecule has 0 fully saturated rings. The number of benzene rings is 3. The highest BCUT2D eigenvalue weighted by Crippen LogP contribution is 2.22. The second kappa shape index (κ2) is 13.4. The van der Waals surface area contributed by atoms with Crippen LogP contribution in [0.3, 0.4) is 0 Å². The fourth-order valence-electron chi connectivity index (χ4n) is 3.71. The van der Waals surface area contributed by atoms with Gasteiger partial charge in [0.05, 0.1) is 23.2 Å². The summed E-state index contributed by atoms with van der Waals surface area (Å²) in [5.41, 5.74) is 2.84. The first-order valence-corrected chi connectivity index (χ1v) is 12.4. The summed E-state index contributed by atoms with van der Waals surface area (Å²) in [6.45, 7) is 3.29. The molecule has 37 heavy (non-hydrogen) atoms. The average Bonchev–Trinajstić information content (AvgIpc) is 2.90. The van der Waals surface area contributed by atoms with E-state index in [9.17, 15) is 19.2 Å². The molecule has 2 atom stereocenters. The Morgan fingerprint density at radius 2 is 1.46 bits per heavy atom. The van der Waals surface area contributed by atoms with E-state index < -0.39 is 29.7 Å². The number of esters is 1. The van der Waals surface area contributed by atoms with Gasteiger partial charge in [0.2, 0.25) is 11.8 Å². The molecule has 0 aromatic heterocycles. The van der Waals surface area contributed by atoms with E-state index in [1.807, 2.05) is 42.5 Å². The zero-order chi connectivity index (χ0) is 26.8. The number of amides is 2. The number of carbonyl (C=O) groups is 4. The molecule has 0 radical (unpaired) electrons. The Morgan fingerprint density at radius 1 is 0.838 bits per heavy atom. The number of carbonyl (C=O) groups excluding carboxylic acids is 4. The fraction of sp³-hybridized carbons (Fsp3) is 0.241. The van der Waals surface area contributed by atoms with E-state index in [1.165, 1.54) is 6.92 Å². The van der Waals surface area contributed by atoms with Crippen molar-refractivity contribution in [2.45, 2.75) is 32.7 Å². The summed E-state index contributed by atoms with van der Waals surface area (Å²) in [6.07, 6.45) is -0.493. The van der Waals surface area contributed by atoms with Crippen molar-refractivity contribution < 1.29 is 23.9 Å². The predicted octanol–water partition coefficient (Wildman–Crippen LogP) is 5.29. The van der Waals surface area contributed by atoms with Crippen LogP contribution >= 0.6 is 11.6 Å². The lowest BCUT2D eigenvalue weighted by Gasteiger charge is -2.18. The monoisotopic (exact) mass is 520 g/mol. The maximum Gasteiger partial charge on any atom is 0.309 e. The second-order valence-electron chi connectivity index (χ2n) is 8.48. The summed E-state index contributed by atoms with van der Waals surface area (Å²) in [7, 11) is 0. The molecule has 3 aromatic rings. The number of halogens is 1. The first kappa shape index (κ1) is 27.6. The van der Waals surface area contributed by atoms with Gasteiger partial charge in [-0.1, -0.05) is 78.3 Å². The lowest BCUT2D eigenvalue weighted by Crippen LogP contribution is -2.42. The Balaban J connectivity index is 1.62. The van der Waals surface area contributed by atoms with Crippen molar-refractivity contribution in [3.8, 4) is 11.1 Å². The predicted molar refractivity (Wildman–Crippen MR) is 143 cm³/mol. The SMILES string of the molecule is CCOC(=O)C(CC(=O)NC(C)C(=O)Nc1ccccc1Cl)CC(=O)c1ccc(-c2ccccc2)cc1. The van der Waals surface area contributed by atoms with E-state index >= 15 is 0 Å². The standard InChI is InChI=1S/C29H29ClN2O5/c1-3-37-29(36)23(17-26(33)22-15-13-21(14-16-22)20-9-5-4-6-10-20)18-27(34)31-19(2)28(35)32-25-12-8-7-11-24(25)30/h4-16,19,23H,3,17-18H2,1-2H3,(H,31,34)(H,32,35). The Kier molecular flexibility index (Phi) is 9.98. The molecular weight excluding hydrogens is 492 g/mol. The Hall–Kier alpha value is -3.97. The van der Waals surface area contributed by atoms with Gasteiger partial charge in [-0.25, -0.2) is 0 Å². The number of rotatable bonds is 11. The van der Waals surface area contributed by atoms with Crippen molar-refractivity contribution in [2.24, 2.45) is 5.92 Å². The van der Waals surface area contributed by atoms with E-state index in [4.69, 9.17) is 16.3 Å². The van der Waals surface area contributed by atoms with Crippen molar-refractivity contribution in [2.75, 3.05) is 11.9 Å². The maximum atomic E-state index is 12.9. The van der Waals surface area contributed by atoms with Gasteiger partial charge in [0.25, 0.3) is 0 Å². The Labute approximate surface area is 221 Å². The summed E-state index contributed by atoms with van der Waals surface area (Å²) in [6, 6.07) is 22.7. The van der Waals surface area contributed by atoms with Crippen molar-refractivity contribution in [3.63, 3.8) is 0 Å². The van der Waals surface area contributed by atoms with Gasteiger partial charge in [-0.15, -0.1) is 0 Å². The molecule has 3 aromatic carbocycles. The topological polar surface area (TPSA) is 102 Å². The van der Waals surface area contributed by atoms with Gasteiger partial charge in [-0.05, 0) is 37.1 Å². The molecule has 2 N–H and O–H groups in total. The van der Waals surface area contributed by atoms with Crippen LogP contribution < -0.4 is 10.6 Å². The molecule has 3 rings (SSSR count). The van der Waals surface area contributed by atoms with E-state index in [1.54, 1.807) is 43.3 Å². The fourth-order valence-corrected chi connectivity index (χ4v) is 3.90. The molecule has 0 aliphatic heterocycles. The van der Waals surface area contributed by atoms with Gasteiger partial charge in [0.1, 0.15) is 6.04 Å². The van der Waals surface area contributed by atoms with Gasteiger partial charge in [-0.2, -0.15) is 0 Å². The van der Waals surface area contributed by atoms with E-state index in [2.05, 4.69) is 10.6 Å². The number of para-hydroxylation sites is 1. The third-order valence-electron chi connectivity index (χ3n) is 5.70. The van der Waals surface area contributed by atoms with Crippen molar-refractivity contribution in [1.82, 2.24) is 5.32 Å². The molecule has 0 bridgehead atoms. The highest BCUT2D eigenvalue weighted by Gasteiger charge is 2.28. The van der Waals surface area contributed by atoms with Crippen LogP contribution in [0.2, 0.25) is 5.02 Å². The van der Waals surface area contributed by atoms with Crippen LogP contribution in [-0.4, -0.2) is 36.2 Å². The molecule has 0 saturated heterocycles.